The van der Waals surface area contributed by atoms with Crippen LogP contribution >= 0.6 is 0 Å². The Hall–Kier alpha value is -2.90. The van der Waals surface area contributed by atoms with Crippen molar-refractivity contribution in [3.05, 3.63) is 45.6 Å². The topological polar surface area (TPSA) is 110 Å². The normalized spacial score (nSPS) is 10.2. The van der Waals surface area contributed by atoms with Crippen molar-refractivity contribution in [2.45, 2.75) is 13.3 Å². The van der Waals surface area contributed by atoms with E-state index >= 15 is 0 Å². The van der Waals surface area contributed by atoms with E-state index in [9.17, 15) is 14.9 Å². The fourth-order valence-corrected chi connectivity index (χ4v) is 1.93. The predicted octanol–water partition coefficient (Wildman–Crippen LogP) is 2.14. The molecular formula is C13H14N4O4. The number of hydrogen-bond donors (Lipinski definition) is 2. The van der Waals surface area contributed by atoms with Gasteiger partial charge in [-0.3, -0.25) is 20.0 Å². The minimum atomic E-state index is -0.627. The molecule has 0 bridgehead atoms. The van der Waals surface area contributed by atoms with Crippen LogP contribution in [0.25, 0.3) is 0 Å². The molecule has 0 spiro atoms. The number of nitro groups is 1. The smallest absolute Gasteiger partial charge is 0.285 e. The molecule has 21 heavy (non-hydrogen) atoms. The van der Waals surface area contributed by atoms with Gasteiger partial charge in [0.2, 0.25) is 0 Å². The molecule has 1 amide bonds. The van der Waals surface area contributed by atoms with E-state index in [4.69, 9.17) is 4.74 Å². The first-order valence-electron chi connectivity index (χ1n) is 6.23. The number of methoxy groups -OCH3 is 1. The molecule has 0 unspecified atom stereocenters. The largest absolute Gasteiger partial charge is 0.496 e. The third kappa shape index (κ3) is 2.83. The third-order valence-electron chi connectivity index (χ3n) is 2.99. The molecule has 110 valence electrons. The van der Waals surface area contributed by atoms with Crippen molar-refractivity contribution in [2.24, 2.45) is 0 Å². The summed E-state index contributed by atoms with van der Waals surface area (Å²) in [5.41, 5.74) is 0.368. The predicted molar refractivity (Wildman–Crippen MR) is 75.6 cm³/mol. The molecule has 0 radical (unpaired) electrons. The first-order valence-corrected chi connectivity index (χ1v) is 6.23. The highest BCUT2D eigenvalue weighted by Crippen LogP contribution is 2.29. The van der Waals surface area contributed by atoms with E-state index in [1.807, 2.05) is 6.92 Å². The van der Waals surface area contributed by atoms with Crippen molar-refractivity contribution in [3.8, 4) is 5.75 Å². The number of ether oxygens (including phenoxy) is 1. The maximum Gasteiger partial charge on any atom is 0.285 e. The summed E-state index contributed by atoms with van der Waals surface area (Å²) in [5.74, 6) is -0.0694. The van der Waals surface area contributed by atoms with Crippen LogP contribution in [-0.2, 0) is 6.42 Å². The SMILES string of the molecule is CCc1cn[nH]c1NC(=O)c1c(OC)cccc1[N+](=O)[O-]. The second kappa shape index (κ2) is 6.04. The van der Waals surface area contributed by atoms with Crippen molar-refractivity contribution in [1.82, 2.24) is 10.2 Å². The van der Waals surface area contributed by atoms with Gasteiger partial charge in [0.25, 0.3) is 11.6 Å². The monoisotopic (exact) mass is 290 g/mol. The van der Waals surface area contributed by atoms with Crippen LogP contribution in [0.1, 0.15) is 22.8 Å². The Morgan fingerprint density at radius 2 is 2.29 bits per heavy atom. The van der Waals surface area contributed by atoms with Gasteiger partial charge in [-0.15, -0.1) is 0 Å². The standard InChI is InChI=1S/C13H14N4O4/c1-3-8-7-14-16-12(8)15-13(18)11-9(17(19)20)5-4-6-10(11)21-2/h4-7H,3H2,1-2H3,(H2,14,15,16,18). The molecule has 0 atom stereocenters. The molecule has 8 heteroatoms. The van der Waals surface area contributed by atoms with Crippen LogP contribution in [0.5, 0.6) is 5.75 Å². The highest BCUT2D eigenvalue weighted by molar-refractivity contribution is 6.09. The molecule has 0 aliphatic heterocycles. The van der Waals surface area contributed by atoms with Gasteiger partial charge in [0.05, 0.1) is 18.2 Å². The van der Waals surface area contributed by atoms with Crippen molar-refractivity contribution in [3.63, 3.8) is 0 Å². The average molecular weight is 290 g/mol. The van der Waals surface area contributed by atoms with E-state index in [0.717, 1.165) is 5.56 Å². The zero-order valence-corrected chi connectivity index (χ0v) is 11.5. The number of aromatic nitrogens is 2. The van der Waals surface area contributed by atoms with E-state index in [1.54, 1.807) is 6.20 Å². The van der Waals surface area contributed by atoms with Crippen LogP contribution in [-0.4, -0.2) is 28.1 Å². The molecule has 0 saturated carbocycles. The van der Waals surface area contributed by atoms with E-state index in [0.29, 0.717) is 12.2 Å². The van der Waals surface area contributed by atoms with Gasteiger partial charge in [-0.1, -0.05) is 13.0 Å². The number of H-pyrrole nitrogens is 1. The summed E-state index contributed by atoms with van der Waals surface area (Å²) < 4.78 is 5.04. The van der Waals surface area contributed by atoms with Crippen LogP contribution in [0.2, 0.25) is 0 Å². The molecule has 2 rings (SSSR count). The molecule has 2 N–H and O–H groups in total. The second-order valence-corrected chi connectivity index (χ2v) is 4.19. The summed E-state index contributed by atoms with van der Waals surface area (Å²) in [6.07, 6.45) is 2.26. The summed E-state index contributed by atoms with van der Waals surface area (Å²) in [6, 6.07) is 4.21. The van der Waals surface area contributed by atoms with E-state index in [1.165, 1.54) is 25.3 Å². The number of rotatable bonds is 5. The quantitative estimate of drug-likeness (QED) is 0.647. The number of aromatic amines is 1. The number of aryl methyl sites for hydroxylation is 1. The van der Waals surface area contributed by atoms with Crippen LogP contribution in [0.4, 0.5) is 11.5 Å². The van der Waals surface area contributed by atoms with Gasteiger partial charge in [-0.25, -0.2) is 0 Å². The third-order valence-corrected chi connectivity index (χ3v) is 2.99. The lowest BCUT2D eigenvalue weighted by molar-refractivity contribution is -0.385. The highest BCUT2D eigenvalue weighted by Gasteiger charge is 2.25. The molecule has 2 aromatic rings. The molecular weight excluding hydrogens is 276 g/mol. The number of benzene rings is 1. The minimum Gasteiger partial charge on any atom is -0.496 e. The molecule has 0 saturated heterocycles. The molecule has 1 aromatic heterocycles. The molecule has 8 nitrogen and oxygen atoms in total. The van der Waals surface area contributed by atoms with Gasteiger partial charge in [0, 0.05) is 11.6 Å². The van der Waals surface area contributed by atoms with Crippen LogP contribution in [0.15, 0.2) is 24.4 Å². The first-order chi connectivity index (χ1) is 10.1. The Balaban J connectivity index is 2.41. The lowest BCUT2D eigenvalue weighted by Crippen LogP contribution is -2.16. The lowest BCUT2D eigenvalue weighted by Gasteiger charge is -2.09. The van der Waals surface area contributed by atoms with E-state index < -0.39 is 10.8 Å². The van der Waals surface area contributed by atoms with Gasteiger partial charge in [0.1, 0.15) is 11.6 Å². The van der Waals surface area contributed by atoms with Gasteiger partial charge < -0.3 is 10.1 Å². The number of carbonyl (C=O) groups is 1. The zero-order chi connectivity index (χ0) is 15.4. The summed E-state index contributed by atoms with van der Waals surface area (Å²) in [4.78, 5) is 22.8. The fourth-order valence-electron chi connectivity index (χ4n) is 1.93. The van der Waals surface area contributed by atoms with Crippen molar-refractivity contribution in [1.29, 1.82) is 0 Å². The molecule has 0 fully saturated rings. The fraction of sp³-hybridized carbons (Fsp3) is 0.231. The van der Waals surface area contributed by atoms with Crippen LogP contribution in [0.3, 0.4) is 0 Å². The van der Waals surface area contributed by atoms with Gasteiger partial charge in [-0.05, 0) is 12.5 Å². The summed E-state index contributed by atoms with van der Waals surface area (Å²) >= 11 is 0. The summed E-state index contributed by atoms with van der Waals surface area (Å²) in [5, 5.41) is 20.1. The summed E-state index contributed by atoms with van der Waals surface area (Å²) in [6.45, 7) is 1.91. The number of nitrogens with zero attached hydrogens (tertiary/aromatic N) is 2. The Bertz CT molecular complexity index is 681. The highest BCUT2D eigenvalue weighted by atomic mass is 16.6. The minimum absolute atomic E-state index is 0.123. The summed E-state index contributed by atoms with van der Waals surface area (Å²) in [7, 11) is 1.35. The first kappa shape index (κ1) is 14.5. The van der Waals surface area contributed by atoms with Crippen molar-refractivity contribution < 1.29 is 14.5 Å². The number of carbonyl (C=O) groups excluding carboxylic acids is 1. The number of nitrogens with one attached hydrogen (secondary N) is 2. The van der Waals surface area contributed by atoms with E-state index in [2.05, 4.69) is 15.5 Å². The van der Waals surface area contributed by atoms with Crippen LogP contribution < -0.4 is 10.1 Å². The van der Waals surface area contributed by atoms with E-state index in [-0.39, 0.29) is 17.0 Å². The van der Waals surface area contributed by atoms with Crippen molar-refractivity contribution in [2.75, 3.05) is 12.4 Å². The van der Waals surface area contributed by atoms with Gasteiger partial charge >= 0.3 is 0 Å². The number of nitro benzene ring substituents is 1. The average Bonchev–Trinajstić information content (AvgIpc) is 2.93. The van der Waals surface area contributed by atoms with Gasteiger partial charge in [0.15, 0.2) is 5.56 Å². The van der Waals surface area contributed by atoms with Gasteiger partial charge in [-0.2, -0.15) is 5.10 Å². The molecule has 1 aromatic carbocycles. The zero-order valence-electron chi connectivity index (χ0n) is 11.5. The number of hydrogen-bond acceptors (Lipinski definition) is 5. The number of amides is 1. The molecule has 0 aliphatic carbocycles. The molecule has 1 heterocycles. The Labute approximate surface area is 120 Å². The molecule has 0 aliphatic rings. The Morgan fingerprint density at radius 1 is 1.52 bits per heavy atom. The van der Waals surface area contributed by atoms with Crippen LogP contribution in [0, 0.1) is 10.1 Å². The Morgan fingerprint density at radius 3 is 2.90 bits per heavy atom. The Kier molecular flexibility index (Phi) is 4.17. The van der Waals surface area contributed by atoms with Crippen molar-refractivity contribution >= 4 is 17.4 Å². The second-order valence-electron chi connectivity index (χ2n) is 4.19. The number of anilines is 1. The maximum atomic E-state index is 12.3. The lowest BCUT2D eigenvalue weighted by atomic mass is 10.1. The maximum absolute atomic E-state index is 12.3.